The molecule has 0 saturated heterocycles. The molecule has 26 heavy (non-hydrogen) atoms. The van der Waals surface area contributed by atoms with Gasteiger partial charge in [-0.25, -0.2) is 0 Å². The minimum Gasteiger partial charge on any atom is -0.355 e. The van der Waals surface area contributed by atoms with Gasteiger partial charge in [0.2, 0.25) is 5.91 Å². The van der Waals surface area contributed by atoms with Gasteiger partial charge in [-0.2, -0.15) is 0 Å². The molecule has 2 heteroatoms. The summed E-state index contributed by atoms with van der Waals surface area (Å²) >= 11 is 0. The van der Waals surface area contributed by atoms with E-state index in [9.17, 15) is 4.79 Å². The molecular weight excluding hydrogens is 318 g/mol. The molecule has 140 valence electrons. The predicted octanol–water partition coefficient (Wildman–Crippen LogP) is 5.54. The van der Waals surface area contributed by atoms with E-state index in [4.69, 9.17) is 0 Å². The number of carbonyl (C=O) groups is 1. The predicted molar refractivity (Wildman–Crippen MR) is 110 cm³/mol. The third-order valence-corrected chi connectivity index (χ3v) is 5.05. The number of nitrogens with one attached hydrogen (secondary N) is 1. The van der Waals surface area contributed by atoms with Gasteiger partial charge in [0, 0.05) is 12.5 Å². The zero-order valence-electron chi connectivity index (χ0n) is 16.8. The fraction of sp³-hybridized carbons (Fsp3) is 0.458. The minimum absolute atomic E-state index is 0.100. The van der Waals surface area contributed by atoms with Crippen LogP contribution in [0.2, 0.25) is 0 Å². The van der Waals surface area contributed by atoms with Gasteiger partial charge in [-0.15, -0.1) is 0 Å². The van der Waals surface area contributed by atoms with E-state index in [1.165, 1.54) is 11.1 Å². The van der Waals surface area contributed by atoms with Crippen molar-refractivity contribution in [1.82, 2.24) is 5.32 Å². The first-order valence-electron chi connectivity index (χ1n) is 9.80. The molecule has 0 aromatic heterocycles. The van der Waals surface area contributed by atoms with Crippen molar-refractivity contribution in [2.75, 3.05) is 6.54 Å². The summed E-state index contributed by atoms with van der Waals surface area (Å²) in [4.78, 5) is 12.7. The third-order valence-electron chi connectivity index (χ3n) is 5.05. The minimum atomic E-state index is -0.133. The highest BCUT2D eigenvalue weighted by atomic mass is 16.1. The Hall–Kier alpha value is -2.09. The summed E-state index contributed by atoms with van der Waals surface area (Å²) in [7, 11) is 0. The van der Waals surface area contributed by atoms with Crippen LogP contribution in [0.5, 0.6) is 0 Å². The number of hydrogen-bond acceptors (Lipinski definition) is 1. The molecule has 0 radical (unpaired) electrons. The largest absolute Gasteiger partial charge is 0.355 e. The lowest BCUT2D eigenvalue weighted by molar-refractivity contribution is -0.122. The van der Waals surface area contributed by atoms with E-state index in [1.807, 2.05) is 13.0 Å². The fourth-order valence-electron chi connectivity index (χ4n) is 3.37. The van der Waals surface area contributed by atoms with Gasteiger partial charge in [0.05, 0.1) is 5.92 Å². The molecule has 2 aromatic carbocycles. The first-order chi connectivity index (χ1) is 12.4. The molecule has 0 saturated carbocycles. The van der Waals surface area contributed by atoms with Crippen LogP contribution in [0.25, 0.3) is 0 Å². The van der Waals surface area contributed by atoms with Crippen molar-refractivity contribution < 1.29 is 4.79 Å². The van der Waals surface area contributed by atoms with Crippen molar-refractivity contribution in [1.29, 1.82) is 0 Å². The first kappa shape index (κ1) is 20.2. The van der Waals surface area contributed by atoms with E-state index in [2.05, 4.69) is 81.5 Å². The quantitative estimate of drug-likeness (QED) is 0.664. The summed E-state index contributed by atoms with van der Waals surface area (Å²) in [5.41, 5.74) is 3.70. The normalized spacial score (nSPS) is 13.7. The molecule has 2 nitrogen and oxygen atoms in total. The van der Waals surface area contributed by atoms with Crippen molar-refractivity contribution in [2.45, 2.75) is 52.9 Å². The van der Waals surface area contributed by atoms with Crippen LogP contribution >= 0.6 is 0 Å². The molecule has 0 aliphatic heterocycles. The maximum atomic E-state index is 12.7. The van der Waals surface area contributed by atoms with Crippen molar-refractivity contribution in [3.05, 3.63) is 71.3 Å². The smallest absolute Gasteiger partial charge is 0.227 e. The summed E-state index contributed by atoms with van der Waals surface area (Å²) in [6.45, 7) is 11.5. The molecular formula is C24H33NO. The van der Waals surface area contributed by atoms with E-state index in [0.29, 0.717) is 24.3 Å². The maximum Gasteiger partial charge on any atom is 0.227 e. The van der Waals surface area contributed by atoms with Gasteiger partial charge in [0.25, 0.3) is 0 Å². The first-order valence-corrected chi connectivity index (χ1v) is 9.80. The fourth-order valence-corrected chi connectivity index (χ4v) is 3.37. The van der Waals surface area contributed by atoms with Gasteiger partial charge in [-0.1, -0.05) is 82.3 Å². The molecule has 0 aliphatic rings. The van der Waals surface area contributed by atoms with Crippen molar-refractivity contribution in [3.63, 3.8) is 0 Å². The number of carbonyl (C=O) groups excluding carboxylic acids is 1. The number of rotatable bonds is 8. The highest BCUT2D eigenvalue weighted by molar-refractivity contribution is 5.83. The zero-order valence-corrected chi connectivity index (χ0v) is 16.8. The summed E-state index contributed by atoms with van der Waals surface area (Å²) in [5, 5.41) is 3.17. The second kappa shape index (κ2) is 9.56. The number of amides is 1. The van der Waals surface area contributed by atoms with Gasteiger partial charge in [-0.05, 0) is 41.9 Å². The Morgan fingerprint density at radius 2 is 1.46 bits per heavy atom. The lowest BCUT2D eigenvalue weighted by Crippen LogP contribution is -2.33. The van der Waals surface area contributed by atoms with E-state index >= 15 is 0 Å². The second-order valence-corrected chi connectivity index (χ2v) is 8.07. The van der Waals surface area contributed by atoms with Gasteiger partial charge < -0.3 is 5.32 Å². The second-order valence-electron chi connectivity index (χ2n) is 8.07. The Labute approximate surface area is 159 Å². The van der Waals surface area contributed by atoms with Crippen LogP contribution in [0.3, 0.4) is 0 Å². The van der Waals surface area contributed by atoms with Crippen molar-refractivity contribution >= 4 is 5.91 Å². The molecule has 0 aliphatic carbocycles. The maximum absolute atomic E-state index is 12.7. The van der Waals surface area contributed by atoms with Crippen LogP contribution in [-0.4, -0.2) is 12.5 Å². The molecule has 2 atom stereocenters. The Bertz CT molecular complexity index is 673. The van der Waals surface area contributed by atoms with Gasteiger partial charge >= 0.3 is 0 Å². The Kier molecular flexibility index (Phi) is 7.44. The van der Waals surface area contributed by atoms with E-state index < -0.39 is 0 Å². The molecule has 2 unspecified atom stereocenters. The van der Waals surface area contributed by atoms with Crippen LogP contribution in [0, 0.1) is 11.8 Å². The molecule has 0 heterocycles. The van der Waals surface area contributed by atoms with Crippen LogP contribution in [0.1, 0.15) is 63.1 Å². The van der Waals surface area contributed by atoms with Gasteiger partial charge in [0.1, 0.15) is 0 Å². The number of benzene rings is 2. The van der Waals surface area contributed by atoms with Crippen LogP contribution in [0.4, 0.5) is 0 Å². The Morgan fingerprint density at radius 3 is 2.00 bits per heavy atom. The van der Waals surface area contributed by atoms with Gasteiger partial charge in [0.15, 0.2) is 0 Å². The van der Waals surface area contributed by atoms with Gasteiger partial charge in [-0.3, -0.25) is 4.79 Å². The monoisotopic (exact) mass is 351 g/mol. The lowest BCUT2D eigenvalue weighted by Gasteiger charge is -2.23. The summed E-state index contributed by atoms with van der Waals surface area (Å²) in [6.07, 6.45) is 1.08. The zero-order chi connectivity index (χ0) is 19.1. The molecule has 2 aromatic rings. The van der Waals surface area contributed by atoms with E-state index in [-0.39, 0.29) is 11.8 Å². The van der Waals surface area contributed by atoms with E-state index in [0.717, 1.165) is 12.0 Å². The highest BCUT2D eigenvalue weighted by Crippen LogP contribution is 2.24. The average Bonchev–Trinajstić information content (AvgIpc) is 2.62. The highest BCUT2D eigenvalue weighted by Gasteiger charge is 2.20. The Balaban J connectivity index is 1.97. The topological polar surface area (TPSA) is 29.1 Å². The molecule has 2 rings (SSSR count). The van der Waals surface area contributed by atoms with Crippen LogP contribution in [-0.2, 0) is 11.2 Å². The summed E-state index contributed by atoms with van der Waals surface area (Å²) in [6, 6.07) is 19.0. The van der Waals surface area contributed by atoms with Crippen molar-refractivity contribution in [3.8, 4) is 0 Å². The lowest BCUT2D eigenvalue weighted by atomic mass is 9.88. The van der Waals surface area contributed by atoms with Crippen molar-refractivity contribution in [2.24, 2.45) is 11.8 Å². The third kappa shape index (κ3) is 5.72. The molecule has 0 spiro atoms. The van der Waals surface area contributed by atoms with Crippen LogP contribution < -0.4 is 5.32 Å². The molecule has 1 amide bonds. The molecule has 0 fully saturated rings. The standard InChI is InChI=1S/C24H33NO/c1-17(2)15-20-11-13-21(14-12-20)19(5)24(26)25-16-23(18(3)4)22-9-7-6-8-10-22/h6-14,17-19,23H,15-16H2,1-5H3,(H,25,26). The molecule has 0 bridgehead atoms. The summed E-state index contributed by atoms with van der Waals surface area (Å²) < 4.78 is 0. The SMILES string of the molecule is CC(C)Cc1ccc(C(C)C(=O)NCC(c2ccccc2)C(C)C)cc1. The summed E-state index contributed by atoms with van der Waals surface area (Å²) in [5.74, 6) is 1.42. The molecule has 1 N–H and O–H groups in total. The average molecular weight is 352 g/mol. The van der Waals surface area contributed by atoms with Crippen LogP contribution in [0.15, 0.2) is 54.6 Å². The number of hydrogen-bond donors (Lipinski definition) is 1. The van der Waals surface area contributed by atoms with E-state index in [1.54, 1.807) is 0 Å². The Morgan fingerprint density at radius 1 is 0.846 bits per heavy atom.